The van der Waals surface area contributed by atoms with Crippen LogP contribution in [0.15, 0.2) is 24.3 Å². The highest BCUT2D eigenvalue weighted by molar-refractivity contribution is 5.79. The lowest BCUT2D eigenvalue weighted by Crippen LogP contribution is -2.37. The van der Waals surface area contributed by atoms with E-state index in [0.717, 1.165) is 31.9 Å². The third-order valence-corrected chi connectivity index (χ3v) is 4.69. The van der Waals surface area contributed by atoms with Crippen LogP contribution in [0, 0.1) is 5.92 Å². The van der Waals surface area contributed by atoms with Crippen molar-refractivity contribution in [3.63, 3.8) is 0 Å². The van der Waals surface area contributed by atoms with Gasteiger partial charge in [0.05, 0.1) is 11.5 Å². The van der Waals surface area contributed by atoms with E-state index in [0.29, 0.717) is 18.7 Å². The summed E-state index contributed by atoms with van der Waals surface area (Å²) in [5.74, 6) is -0.0134. The van der Waals surface area contributed by atoms with Crippen LogP contribution in [0.5, 0.6) is 0 Å². The van der Waals surface area contributed by atoms with Crippen molar-refractivity contribution in [2.75, 3.05) is 19.6 Å². The third-order valence-electron chi connectivity index (χ3n) is 4.69. The van der Waals surface area contributed by atoms with Crippen molar-refractivity contribution in [3.05, 3.63) is 35.4 Å². The summed E-state index contributed by atoms with van der Waals surface area (Å²) in [6, 6.07) is 5.48. The zero-order valence-electron chi connectivity index (χ0n) is 12.2. The van der Waals surface area contributed by atoms with E-state index < -0.39 is 11.7 Å². The van der Waals surface area contributed by atoms with Gasteiger partial charge < -0.3 is 10.6 Å². The van der Waals surface area contributed by atoms with Crippen molar-refractivity contribution in [3.8, 4) is 0 Å². The van der Waals surface area contributed by atoms with E-state index in [1.807, 2.05) is 0 Å². The Morgan fingerprint density at radius 2 is 2.14 bits per heavy atom. The average Bonchev–Trinajstić information content (AvgIpc) is 3.08. The summed E-state index contributed by atoms with van der Waals surface area (Å²) in [5, 5.41) is 6.06. The Bertz CT molecular complexity index is 561. The van der Waals surface area contributed by atoms with E-state index in [1.165, 1.54) is 12.1 Å². The van der Waals surface area contributed by atoms with Gasteiger partial charge in [0.15, 0.2) is 0 Å². The standard InChI is InChI=1S/C16H19F3N2O/c17-16(18,19)13-3-1-2-12(8-13)15(5-6-15)10-21-14(22)11-4-7-20-9-11/h1-3,8,11,20H,4-7,9-10H2,(H,21,22). The first-order valence-electron chi connectivity index (χ1n) is 7.57. The molecule has 1 unspecified atom stereocenters. The molecule has 6 heteroatoms. The van der Waals surface area contributed by atoms with Gasteiger partial charge >= 0.3 is 6.18 Å². The van der Waals surface area contributed by atoms with Gasteiger partial charge in [0.1, 0.15) is 0 Å². The highest BCUT2D eigenvalue weighted by atomic mass is 19.4. The summed E-state index contributed by atoms with van der Waals surface area (Å²) in [7, 11) is 0. The van der Waals surface area contributed by atoms with Crippen molar-refractivity contribution < 1.29 is 18.0 Å². The van der Waals surface area contributed by atoms with E-state index in [2.05, 4.69) is 10.6 Å². The first kappa shape index (κ1) is 15.3. The molecule has 1 amide bonds. The Morgan fingerprint density at radius 3 is 2.73 bits per heavy atom. The zero-order chi connectivity index (χ0) is 15.8. The van der Waals surface area contributed by atoms with Gasteiger partial charge in [-0.2, -0.15) is 13.2 Å². The van der Waals surface area contributed by atoms with Gasteiger partial charge in [0, 0.05) is 18.5 Å². The van der Waals surface area contributed by atoms with Gasteiger partial charge in [0.25, 0.3) is 0 Å². The Balaban J connectivity index is 1.67. The Kier molecular flexibility index (Phi) is 3.89. The van der Waals surface area contributed by atoms with Gasteiger partial charge in [-0.1, -0.05) is 18.2 Å². The minimum absolute atomic E-state index is 0.00301. The first-order chi connectivity index (χ1) is 10.4. The van der Waals surface area contributed by atoms with Crippen molar-refractivity contribution in [1.29, 1.82) is 0 Å². The molecule has 0 radical (unpaired) electrons. The summed E-state index contributed by atoms with van der Waals surface area (Å²) in [6.07, 6.45) is -1.87. The number of hydrogen-bond acceptors (Lipinski definition) is 2. The fourth-order valence-corrected chi connectivity index (χ4v) is 3.02. The summed E-state index contributed by atoms with van der Waals surface area (Å²) < 4.78 is 38.5. The summed E-state index contributed by atoms with van der Waals surface area (Å²) >= 11 is 0. The molecule has 0 spiro atoms. The van der Waals surface area contributed by atoms with Crippen LogP contribution in [0.4, 0.5) is 13.2 Å². The molecule has 1 saturated carbocycles. The smallest absolute Gasteiger partial charge is 0.355 e. The molecule has 1 aliphatic heterocycles. The molecular formula is C16H19F3N2O. The van der Waals surface area contributed by atoms with Crippen LogP contribution in [0.25, 0.3) is 0 Å². The number of rotatable bonds is 4. The molecule has 0 aromatic heterocycles. The average molecular weight is 312 g/mol. The van der Waals surface area contributed by atoms with E-state index in [-0.39, 0.29) is 17.2 Å². The van der Waals surface area contributed by atoms with E-state index >= 15 is 0 Å². The predicted octanol–water partition coefficient (Wildman–Crippen LogP) is 2.46. The van der Waals surface area contributed by atoms with Crippen LogP contribution >= 0.6 is 0 Å². The fourth-order valence-electron chi connectivity index (χ4n) is 3.02. The van der Waals surface area contributed by atoms with Gasteiger partial charge in [-0.05, 0) is 37.4 Å². The maximum Gasteiger partial charge on any atom is 0.416 e. The SMILES string of the molecule is O=C(NCC1(c2cccc(C(F)(F)F)c2)CC1)C1CCNC1. The number of carbonyl (C=O) groups excluding carboxylic acids is 1. The molecule has 2 aliphatic rings. The molecular weight excluding hydrogens is 293 g/mol. The minimum Gasteiger partial charge on any atom is -0.355 e. The Morgan fingerprint density at radius 1 is 1.36 bits per heavy atom. The van der Waals surface area contributed by atoms with E-state index in [1.54, 1.807) is 6.07 Å². The van der Waals surface area contributed by atoms with Crippen LogP contribution in [-0.2, 0) is 16.4 Å². The number of nitrogens with one attached hydrogen (secondary N) is 2. The molecule has 1 saturated heterocycles. The topological polar surface area (TPSA) is 41.1 Å². The Hall–Kier alpha value is -1.56. The van der Waals surface area contributed by atoms with Crippen LogP contribution in [0.3, 0.4) is 0 Å². The second kappa shape index (κ2) is 5.57. The molecule has 1 heterocycles. The Labute approximate surface area is 127 Å². The minimum atomic E-state index is -4.33. The predicted molar refractivity (Wildman–Crippen MR) is 76.3 cm³/mol. The van der Waals surface area contributed by atoms with Crippen molar-refractivity contribution >= 4 is 5.91 Å². The summed E-state index contributed by atoms with van der Waals surface area (Å²) in [4.78, 5) is 12.0. The maximum atomic E-state index is 12.8. The number of amides is 1. The van der Waals surface area contributed by atoms with Crippen LogP contribution in [-0.4, -0.2) is 25.5 Å². The lowest BCUT2D eigenvalue weighted by Gasteiger charge is -2.19. The van der Waals surface area contributed by atoms with Gasteiger partial charge in [-0.25, -0.2) is 0 Å². The van der Waals surface area contributed by atoms with Gasteiger partial charge in [-0.15, -0.1) is 0 Å². The molecule has 1 aromatic rings. The van der Waals surface area contributed by atoms with E-state index in [4.69, 9.17) is 0 Å². The van der Waals surface area contributed by atoms with Crippen molar-refractivity contribution in [2.45, 2.75) is 30.9 Å². The summed E-state index contributed by atoms with van der Waals surface area (Å²) in [5.41, 5.74) is -0.266. The highest BCUT2D eigenvalue weighted by Crippen LogP contribution is 2.48. The number of alkyl halides is 3. The lowest BCUT2D eigenvalue weighted by molar-refractivity contribution is -0.137. The monoisotopic (exact) mass is 312 g/mol. The molecule has 22 heavy (non-hydrogen) atoms. The molecule has 2 fully saturated rings. The number of carbonyl (C=O) groups is 1. The quantitative estimate of drug-likeness (QED) is 0.897. The van der Waals surface area contributed by atoms with Crippen LogP contribution in [0.2, 0.25) is 0 Å². The molecule has 2 N–H and O–H groups in total. The number of benzene rings is 1. The molecule has 0 bridgehead atoms. The maximum absolute atomic E-state index is 12.8. The molecule has 3 nitrogen and oxygen atoms in total. The van der Waals surface area contributed by atoms with Crippen molar-refractivity contribution in [2.24, 2.45) is 5.92 Å². The van der Waals surface area contributed by atoms with Crippen LogP contribution in [0.1, 0.15) is 30.4 Å². The number of halogens is 3. The second-order valence-electron chi connectivity index (χ2n) is 6.27. The highest BCUT2D eigenvalue weighted by Gasteiger charge is 2.45. The third kappa shape index (κ3) is 3.11. The first-order valence-corrected chi connectivity index (χ1v) is 7.57. The van der Waals surface area contributed by atoms with Gasteiger partial charge in [0.2, 0.25) is 5.91 Å². The molecule has 1 aromatic carbocycles. The molecule has 120 valence electrons. The second-order valence-corrected chi connectivity index (χ2v) is 6.27. The lowest BCUT2D eigenvalue weighted by atomic mass is 9.93. The fraction of sp³-hybridized carbons (Fsp3) is 0.562. The summed E-state index contributed by atoms with van der Waals surface area (Å²) in [6.45, 7) is 1.95. The molecule has 3 rings (SSSR count). The zero-order valence-corrected chi connectivity index (χ0v) is 12.2. The molecule has 1 aliphatic carbocycles. The van der Waals surface area contributed by atoms with E-state index in [9.17, 15) is 18.0 Å². The van der Waals surface area contributed by atoms with Gasteiger partial charge in [-0.3, -0.25) is 4.79 Å². The largest absolute Gasteiger partial charge is 0.416 e. The normalized spacial score (nSPS) is 23.3. The van der Waals surface area contributed by atoms with Crippen LogP contribution < -0.4 is 10.6 Å². The number of hydrogen-bond donors (Lipinski definition) is 2. The molecule has 1 atom stereocenters. The van der Waals surface area contributed by atoms with Crippen molar-refractivity contribution in [1.82, 2.24) is 10.6 Å².